The van der Waals surface area contributed by atoms with Crippen LogP contribution in [0.4, 0.5) is 17.6 Å². The Balaban J connectivity index is 1.87. The zero-order valence-corrected chi connectivity index (χ0v) is 14.8. The summed E-state index contributed by atoms with van der Waals surface area (Å²) in [6, 6.07) is 9.52. The molecule has 0 bridgehead atoms. The molecule has 4 nitrogen and oxygen atoms in total. The van der Waals surface area contributed by atoms with E-state index in [0.29, 0.717) is 32.2 Å². The average Bonchev–Trinajstić information content (AvgIpc) is 2.66. The van der Waals surface area contributed by atoms with Crippen molar-refractivity contribution in [1.29, 1.82) is 0 Å². The van der Waals surface area contributed by atoms with Gasteiger partial charge in [0.15, 0.2) is 6.61 Å². The van der Waals surface area contributed by atoms with E-state index in [4.69, 9.17) is 0 Å². The molecule has 150 valence electrons. The van der Waals surface area contributed by atoms with Gasteiger partial charge in [-0.25, -0.2) is 8.78 Å². The summed E-state index contributed by atoms with van der Waals surface area (Å²) in [5, 5.41) is 2.76. The highest BCUT2D eigenvalue weighted by molar-refractivity contribution is 5.85. The van der Waals surface area contributed by atoms with Crippen LogP contribution in [-0.4, -0.2) is 37.4 Å². The minimum absolute atomic E-state index is 0.315. The number of rotatable bonds is 8. The number of amides is 1. The Kier molecular flexibility index (Phi) is 7.62. The number of ether oxygens (including phenoxy) is 1. The molecule has 1 aromatic carbocycles. The minimum atomic E-state index is -4.39. The number of hydrogen-bond acceptors (Lipinski definition) is 3. The molecular weight excluding hydrogens is 366 g/mol. The molecule has 1 aliphatic rings. The van der Waals surface area contributed by atoms with Crippen molar-refractivity contribution in [2.75, 3.05) is 13.2 Å². The number of esters is 1. The average molecular weight is 389 g/mol. The van der Waals surface area contributed by atoms with Gasteiger partial charge in [0.1, 0.15) is 0 Å². The van der Waals surface area contributed by atoms with E-state index >= 15 is 0 Å². The van der Waals surface area contributed by atoms with Gasteiger partial charge in [0.25, 0.3) is 0 Å². The highest BCUT2D eigenvalue weighted by Gasteiger charge is 2.44. The van der Waals surface area contributed by atoms with Crippen LogP contribution >= 0.6 is 0 Å². The lowest BCUT2D eigenvalue weighted by molar-refractivity contribution is -0.185. The molecule has 0 saturated heterocycles. The van der Waals surface area contributed by atoms with Crippen LogP contribution in [-0.2, 0) is 20.7 Å². The summed E-state index contributed by atoms with van der Waals surface area (Å²) in [6.07, 6.45) is -1.16. The quantitative estimate of drug-likeness (QED) is 0.546. The zero-order valence-electron chi connectivity index (χ0n) is 14.8. The second-order valence-electron chi connectivity index (χ2n) is 6.69. The van der Waals surface area contributed by atoms with Crippen molar-refractivity contribution < 1.29 is 31.9 Å². The molecule has 0 spiro atoms. The maximum absolute atomic E-state index is 13.0. The van der Waals surface area contributed by atoms with Gasteiger partial charge >= 0.3 is 18.3 Å². The summed E-state index contributed by atoms with van der Waals surface area (Å²) in [4.78, 5) is 24.5. The van der Waals surface area contributed by atoms with Crippen molar-refractivity contribution in [2.45, 2.75) is 44.5 Å². The molecule has 2 rings (SSSR count). The highest BCUT2D eigenvalue weighted by atomic mass is 19.3. The fraction of sp³-hybridized carbons (Fsp3) is 0.579. The van der Waals surface area contributed by atoms with E-state index in [9.17, 15) is 27.2 Å². The van der Waals surface area contributed by atoms with E-state index in [-0.39, 0.29) is 5.91 Å². The fourth-order valence-corrected chi connectivity index (χ4v) is 3.17. The van der Waals surface area contributed by atoms with E-state index in [0.717, 1.165) is 12.0 Å². The van der Waals surface area contributed by atoms with E-state index in [1.54, 1.807) is 0 Å². The molecule has 0 aromatic heterocycles. The van der Waals surface area contributed by atoms with E-state index in [1.807, 2.05) is 30.3 Å². The normalized spacial score (nSPS) is 20.3. The van der Waals surface area contributed by atoms with Gasteiger partial charge in [0.2, 0.25) is 5.91 Å². The summed E-state index contributed by atoms with van der Waals surface area (Å²) in [5.41, 5.74) is 1.05. The summed E-state index contributed by atoms with van der Waals surface area (Å²) < 4.78 is 54.7. The number of alkyl halides is 4. The van der Waals surface area contributed by atoms with E-state index in [1.165, 1.54) is 0 Å². The first kappa shape index (κ1) is 21.2. The highest BCUT2D eigenvalue weighted by Crippen LogP contribution is 2.32. The summed E-state index contributed by atoms with van der Waals surface area (Å²) in [6.45, 7) is -1.30. The largest absolute Gasteiger partial charge is 0.459 e. The summed E-state index contributed by atoms with van der Waals surface area (Å²) >= 11 is 0. The monoisotopic (exact) mass is 389 g/mol. The number of carbonyl (C=O) groups excluding carboxylic acids is 2. The fourth-order valence-electron chi connectivity index (χ4n) is 3.17. The summed E-state index contributed by atoms with van der Waals surface area (Å²) in [7, 11) is 0. The van der Waals surface area contributed by atoms with Crippen LogP contribution in [0.1, 0.15) is 31.2 Å². The smallest absolute Gasteiger partial charge is 0.340 e. The molecule has 1 saturated carbocycles. The molecule has 1 N–H and O–H groups in total. The van der Waals surface area contributed by atoms with Crippen molar-refractivity contribution in [1.82, 2.24) is 5.32 Å². The number of hydrogen-bond donors (Lipinski definition) is 1. The predicted molar refractivity (Wildman–Crippen MR) is 90.5 cm³/mol. The Morgan fingerprint density at radius 1 is 1.11 bits per heavy atom. The lowest BCUT2D eigenvalue weighted by Crippen LogP contribution is -2.42. The molecule has 1 aliphatic carbocycles. The molecule has 0 radical (unpaired) electrons. The van der Waals surface area contributed by atoms with E-state index < -0.39 is 36.8 Å². The Morgan fingerprint density at radius 2 is 1.74 bits per heavy atom. The second-order valence-corrected chi connectivity index (χ2v) is 6.69. The lowest BCUT2D eigenvalue weighted by Gasteiger charge is -2.29. The number of halogens is 4. The first-order valence-electron chi connectivity index (χ1n) is 8.95. The molecular formula is C19H23F4NO3. The van der Waals surface area contributed by atoms with E-state index in [2.05, 4.69) is 10.1 Å². The van der Waals surface area contributed by atoms with Gasteiger partial charge in [0.05, 0.1) is 11.8 Å². The Hall–Kier alpha value is -2.12. The molecule has 8 heteroatoms. The van der Waals surface area contributed by atoms with Crippen molar-refractivity contribution in [2.24, 2.45) is 11.8 Å². The van der Waals surface area contributed by atoms with Crippen LogP contribution in [0.2, 0.25) is 0 Å². The third kappa shape index (κ3) is 6.22. The molecule has 2 atom stereocenters. The summed E-state index contributed by atoms with van der Waals surface area (Å²) in [5.74, 6) is -7.32. The first-order valence-corrected chi connectivity index (χ1v) is 8.95. The van der Waals surface area contributed by atoms with Gasteiger partial charge in [-0.2, -0.15) is 8.78 Å². The molecule has 1 fully saturated rings. The standard InChI is InChI=1S/C19H23F4NO3/c20-18(21)19(22,23)12-27-17(26)15-9-5-4-8-14(15)16(25)24-11-10-13-6-2-1-3-7-13/h1-3,6-7,14-15,18H,4-5,8-12H2,(H,24,25)/t14-,15-/m0/s1. The van der Waals surface area contributed by atoms with Gasteiger partial charge in [-0.15, -0.1) is 0 Å². The van der Waals surface area contributed by atoms with Gasteiger partial charge in [-0.1, -0.05) is 43.2 Å². The predicted octanol–water partition coefficient (Wildman–Crippen LogP) is 3.60. The van der Waals surface area contributed by atoms with Crippen molar-refractivity contribution >= 4 is 11.9 Å². The van der Waals surface area contributed by atoms with Gasteiger partial charge < -0.3 is 10.1 Å². The first-order chi connectivity index (χ1) is 12.8. The molecule has 0 heterocycles. The number of benzene rings is 1. The molecule has 1 amide bonds. The SMILES string of the molecule is O=C(NCCc1ccccc1)[C@H]1CCCC[C@@H]1C(=O)OCC(F)(F)C(F)F. The van der Waals surface area contributed by atoms with Gasteiger partial charge in [-0.05, 0) is 24.8 Å². The lowest BCUT2D eigenvalue weighted by atomic mass is 9.78. The second kappa shape index (κ2) is 9.71. The molecule has 27 heavy (non-hydrogen) atoms. The number of carbonyl (C=O) groups is 2. The number of nitrogens with one attached hydrogen (secondary N) is 1. The maximum Gasteiger partial charge on any atom is 0.340 e. The minimum Gasteiger partial charge on any atom is -0.459 e. The Morgan fingerprint density at radius 3 is 2.37 bits per heavy atom. The third-order valence-electron chi connectivity index (χ3n) is 4.69. The Bertz CT molecular complexity index is 625. The van der Waals surface area contributed by atoms with Crippen molar-refractivity contribution in [3.63, 3.8) is 0 Å². The van der Waals surface area contributed by atoms with Crippen LogP contribution in [0.3, 0.4) is 0 Å². The third-order valence-corrected chi connectivity index (χ3v) is 4.69. The van der Waals surface area contributed by atoms with Gasteiger partial charge in [0, 0.05) is 6.54 Å². The van der Waals surface area contributed by atoms with Crippen LogP contribution in [0.15, 0.2) is 30.3 Å². The Labute approximate surface area is 155 Å². The maximum atomic E-state index is 13.0. The zero-order chi connectivity index (χ0) is 19.9. The molecule has 1 aromatic rings. The topological polar surface area (TPSA) is 55.4 Å². The van der Waals surface area contributed by atoms with Crippen molar-refractivity contribution in [3.05, 3.63) is 35.9 Å². The van der Waals surface area contributed by atoms with Crippen LogP contribution in [0.5, 0.6) is 0 Å². The van der Waals surface area contributed by atoms with Crippen LogP contribution in [0, 0.1) is 11.8 Å². The van der Waals surface area contributed by atoms with Gasteiger partial charge in [-0.3, -0.25) is 9.59 Å². The van der Waals surface area contributed by atoms with Crippen molar-refractivity contribution in [3.8, 4) is 0 Å². The van der Waals surface area contributed by atoms with Crippen LogP contribution in [0.25, 0.3) is 0 Å². The molecule has 0 aliphatic heterocycles. The van der Waals surface area contributed by atoms with Crippen LogP contribution < -0.4 is 5.32 Å². The molecule has 0 unspecified atom stereocenters.